The Morgan fingerprint density at radius 1 is 1.50 bits per heavy atom. The van der Waals surface area contributed by atoms with Crippen LogP contribution in [0.25, 0.3) is 0 Å². The lowest BCUT2D eigenvalue weighted by Gasteiger charge is -1.88. The van der Waals surface area contributed by atoms with Crippen LogP contribution in [0, 0.1) is 0 Å². The molecule has 0 unspecified atom stereocenters. The van der Waals surface area contributed by atoms with Crippen LogP contribution in [0.4, 0.5) is 0 Å². The van der Waals surface area contributed by atoms with Gasteiger partial charge in [0, 0.05) is 5.30 Å². The zero-order valence-electron chi connectivity index (χ0n) is 3.84. The number of halogens is 2. The van der Waals surface area contributed by atoms with E-state index < -0.39 is 6.63 Å². The van der Waals surface area contributed by atoms with E-state index in [9.17, 15) is 0 Å². The first-order chi connectivity index (χ1) is 3.80. The second-order valence-electron chi connectivity index (χ2n) is 1.21. The van der Waals surface area contributed by atoms with Crippen molar-refractivity contribution in [2.45, 2.75) is 0 Å². The van der Waals surface area contributed by atoms with Crippen molar-refractivity contribution in [2.75, 3.05) is 0 Å². The van der Waals surface area contributed by atoms with Crippen molar-refractivity contribution < 1.29 is 4.42 Å². The molecule has 1 aromatic heterocycles. The maximum atomic E-state index is 5.51. The Hall–Kier alpha value is 0.290. The van der Waals surface area contributed by atoms with Crippen LogP contribution in [0.2, 0.25) is 0 Å². The highest BCUT2D eigenvalue weighted by Crippen LogP contribution is 2.45. The van der Waals surface area contributed by atoms with Crippen molar-refractivity contribution in [3.63, 3.8) is 0 Å². The normalized spacial score (nSPS) is 10.4. The lowest BCUT2D eigenvalue weighted by Crippen LogP contribution is -1.83. The van der Waals surface area contributed by atoms with Crippen LogP contribution in [0.5, 0.6) is 0 Å². The zero-order valence-corrected chi connectivity index (χ0v) is 6.25. The summed E-state index contributed by atoms with van der Waals surface area (Å²) >= 11 is 11.0. The molecule has 0 aliphatic rings. The standard InChI is InChI=1S/C4H3Cl2OP/c5-8(6)4-1-2-7-3-4/h1-3H. The summed E-state index contributed by atoms with van der Waals surface area (Å²) in [6, 6.07) is 1.76. The number of hydrogen-bond acceptors (Lipinski definition) is 1. The largest absolute Gasteiger partial charge is 0.472 e. The van der Waals surface area contributed by atoms with Gasteiger partial charge < -0.3 is 4.42 Å². The van der Waals surface area contributed by atoms with Crippen LogP contribution in [0.3, 0.4) is 0 Å². The molecule has 1 rings (SSSR count). The van der Waals surface area contributed by atoms with Crippen molar-refractivity contribution in [1.29, 1.82) is 0 Å². The van der Waals surface area contributed by atoms with Crippen LogP contribution in [-0.4, -0.2) is 0 Å². The van der Waals surface area contributed by atoms with Gasteiger partial charge in [-0.05, 0) is 6.07 Å². The van der Waals surface area contributed by atoms with Gasteiger partial charge in [-0.15, -0.1) is 0 Å². The second kappa shape index (κ2) is 2.72. The summed E-state index contributed by atoms with van der Waals surface area (Å²) < 4.78 is 4.72. The molecule has 0 saturated heterocycles. The van der Waals surface area contributed by atoms with Gasteiger partial charge in [0.15, 0.2) is 0 Å². The molecule has 44 valence electrons. The molecule has 4 heteroatoms. The Labute approximate surface area is 57.9 Å². The Bertz CT molecular complexity index is 149. The predicted molar refractivity (Wildman–Crippen MR) is 37.0 cm³/mol. The molecule has 0 bridgehead atoms. The third kappa shape index (κ3) is 1.38. The zero-order chi connectivity index (χ0) is 5.98. The number of hydrogen-bond donors (Lipinski definition) is 0. The summed E-state index contributed by atoms with van der Waals surface area (Å²) in [6.07, 6.45) is 3.10. The van der Waals surface area contributed by atoms with Gasteiger partial charge in [-0.3, -0.25) is 0 Å². The summed E-state index contributed by atoms with van der Waals surface area (Å²) in [5, 5.41) is 0.864. The van der Waals surface area contributed by atoms with E-state index in [2.05, 4.69) is 0 Å². The predicted octanol–water partition coefficient (Wildman–Crippen LogP) is 2.69. The first-order valence-corrected chi connectivity index (χ1v) is 5.10. The van der Waals surface area contributed by atoms with Crippen molar-refractivity contribution in [1.82, 2.24) is 0 Å². The molecule has 0 amide bonds. The first-order valence-electron chi connectivity index (χ1n) is 1.94. The lowest BCUT2D eigenvalue weighted by molar-refractivity contribution is 0.569. The molecule has 0 atom stereocenters. The van der Waals surface area contributed by atoms with E-state index in [1.54, 1.807) is 18.6 Å². The molecule has 0 aliphatic carbocycles. The van der Waals surface area contributed by atoms with Gasteiger partial charge in [-0.1, -0.05) is 22.5 Å². The highest BCUT2D eigenvalue weighted by atomic mass is 35.9. The summed E-state index contributed by atoms with van der Waals surface area (Å²) in [7, 11) is 0. The highest BCUT2D eigenvalue weighted by Gasteiger charge is 2.02. The van der Waals surface area contributed by atoms with Gasteiger partial charge in [0.25, 0.3) is 0 Å². The fraction of sp³-hybridized carbons (Fsp3) is 0. The molecule has 0 N–H and O–H groups in total. The van der Waals surface area contributed by atoms with E-state index in [1.807, 2.05) is 0 Å². The molecular weight excluding hydrogens is 166 g/mol. The molecule has 0 saturated carbocycles. The van der Waals surface area contributed by atoms with Crippen LogP contribution in [0.1, 0.15) is 0 Å². The Kier molecular flexibility index (Phi) is 2.18. The highest BCUT2D eigenvalue weighted by molar-refractivity contribution is 8.08. The van der Waals surface area contributed by atoms with Crippen molar-refractivity contribution in [3.05, 3.63) is 18.6 Å². The molecule has 0 aromatic carbocycles. The average Bonchev–Trinajstić information content (AvgIpc) is 2.12. The van der Waals surface area contributed by atoms with E-state index in [1.165, 1.54) is 0 Å². The van der Waals surface area contributed by atoms with Crippen LogP contribution in [0.15, 0.2) is 23.0 Å². The van der Waals surface area contributed by atoms with Gasteiger partial charge in [0.05, 0.1) is 6.26 Å². The molecule has 1 aromatic rings. The summed E-state index contributed by atoms with van der Waals surface area (Å²) in [4.78, 5) is 0. The minimum absolute atomic E-state index is 0.864. The van der Waals surface area contributed by atoms with Gasteiger partial charge in [0.2, 0.25) is 0 Å². The monoisotopic (exact) mass is 168 g/mol. The second-order valence-corrected chi connectivity index (χ2v) is 4.74. The van der Waals surface area contributed by atoms with E-state index in [0.29, 0.717) is 0 Å². The van der Waals surface area contributed by atoms with E-state index in [4.69, 9.17) is 26.9 Å². The minimum Gasteiger partial charge on any atom is -0.472 e. The lowest BCUT2D eigenvalue weighted by atomic mass is 10.7. The van der Waals surface area contributed by atoms with Gasteiger partial charge in [0.1, 0.15) is 12.9 Å². The van der Waals surface area contributed by atoms with Crippen molar-refractivity contribution in [2.24, 2.45) is 0 Å². The van der Waals surface area contributed by atoms with Gasteiger partial charge in [-0.2, -0.15) is 0 Å². The fourth-order valence-corrected chi connectivity index (χ4v) is 1.24. The van der Waals surface area contributed by atoms with Crippen LogP contribution in [-0.2, 0) is 0 Å². The molecule has 0 fully saturated rings. The average molecular weight is 169 g/mol. The quantitative estimate of drug-likeness (QED) is 0.589. The Balaban J connectivity index is 2.77. The molecule has 0 radical (unpaired) electrons. The summed E-state index contributed by atoms with van der Waals surface area (Å²) in [5.41, 5.74) is 0. The minimum atomic E-state index is -1.01. The molecule has 0 spiro atoms. The van der Waals surface area contributed by atoms with E-state index in [-0.39, 0.29) is 0 Å². The SMILES string of the molecule is ClP(Cl)c1ccoc1. The third-order valence-electron chi connectivity index (χ3n) is 0.701. The topological polar surface area (TPSA) is 13.1 Å². The maximum Gasteiger partial charge on any atom is 0.120 e. The summed E-state index contributed by atoms with van der Waals surface area (Å²) in [5.74, 6) is 0. The number of furan rings is 1. The van der Waals surface area contributed by atoms with Crippen LogP contribution < -0.4 is 5.30 Å². The van der Waals surface area contributed by atoms with E-state index >= 15 is 0 Å². The first kappa shape index (κ1) is 6.41. The van der Waals surface area contributed by atoms with Crippen LogP contribution >= 0.6 is 29.1 Å². The third-order valence-corrected chi connectivity index (χ3v) is 2.52. The number of rotatable bonds is 1. The molecule has 1 heterocycles. The summed E-state index contributed by atoms with van der Waals surface area (Å²) in [6.45, 7) is -1.01. The molecular formula is C4H3Cl2OP. The maximum absolute atomic E-state index is 5.51. The molecule has 1 nitrogen and oxygen atoms in total. The van der Waals surface area contributed by atoms with E-state index in [0.717, 1.165) is 5.30 Å². The van der Waals surface area contributed by atoms with Crippen molar-refractivity contribution >= 4 is 34.4 Å². The van der Waals surface area contributed by atoms with Gasteiger partial charge >= 0.3 is 0 Å². The van der Waals surface area contributed by atoms with Crippen molar-refractivity contribution in [3.8, 4) is 0 Å². The Morgan fingerprint density at radius 2 is 2.25 bits per heavy atom. The Morgan fingerprint density at radius 3 is 2.50 bits per heavy atom. The smallest absolute Gasteiger partial charge is 0.120 e. The van der Waals surface area contributed by atoms with Gasteiger partial charge in [-0.25, -0.2) is 0 Å². The fourth-order valence-electron chi connectivity index (χ4n) is 0.353. The molecule has 8 heavy (non-hydrogen) atoms. The molecule has 0 aliphatic heterocycles.